The Labute approximate surface area is 211 Å². The summed E-state index contributed by atoms with van der Waals surface area (Å²) in [5.74, 6) is 0.744. The van der Waals surface area contributed by atoms with E-state index in [1.165, 1.54) is 11.1 Å². The number of carbonyl (C=O) groups is 1. The predicted molar refractivity (Wildman–Crippen MR) is 147 cm³/mol. The number of hydrogen-bond acceptors (Lipinski definition) is 3. The van der Waals surface area contributed by atoms with Gasteiger partial charge in [0.15, 0.2) is 0 Å². The average Bonchev–Trinajstić information content (AvgIpc) is 3.07. The topological polar surface area (TPSA) is 41.6 Å². The van der Waals surface area contributed by atoms with Gasteiger partial charge in [-0.25, -0.2) is 0 Å². The molecule has 2 aliphatic rings. The summed E-state index contributed by atoms with van der Waals surface area (Å²) in [6.45, 7) is 4.40. The Morgan fingerprint density at radius 3 is 2.31 bits per heavy atom. The third kappa shape index (κ3) is 3.33. The van der Waals surface area contributed by atoms with Crippen molar-refractivity contribution < 1.29 is 9.53 Å². The summed E-state index contributed by atoms with van der Waals surface area (Å²) in [4.78, 5) is 14.9. The molecule has 1 N–H and O–H groups in total. The van der Waals surface area contributed by atoms with E-state index in [9.17, 15) is 4.79 Å². The number of rotatable bonds is 3. The minimum Gasteiger partial charge on any atom is -0.463 e. The Balaban J connectivity index is 1.33. The third-order valence-electron chi connectivity index (χ3n) is 7.59. The second-order valence-corrected chi connectivity index (χ2v) is 9.99. The Morgan fingerprint density at radius 1 is 0.833 bits per heavy atom. The number of hydrogen-bond donors (Lipinski definition) is 1. The minimum atomic E-state index is -0.682. The van der Waals surface area contributed by atoms with Crippen molar-refractivity contribution in [1.29, 1.82) is 0 Å². The van der Waals surface area contributed by atoms with E-state index in [1.54, 1.807) is 0 Å². The zero-order chi connectivity index (χ0) is 24.9. The van der Waals surface area contributed by atoms with Crippen LogP contribution in [0.2, 0.25) is 0 Å². The normalized spacial score (nSPS) is 18.9. The van der Waals surface area contributed by atoms with Crippen LogP contribution in [0.5, 0.6) is 5.75 Å². The van der Waals surface area contributed by atoms with Crippen LogP contribution in [0.25, 0.3) is 17.2 Å². The summed E-state index contributed by atoms with van der Waals surface area (Å²) in [7, 11) is 2.07. The lowest BCUT2D eigenvalue weighted by molar-refractivity contribution is 0.0582. The van der Waals surface area contributed by atoms with Gasteiger partial charge in [-0.2, -0.15) is 0 Å². The van der Waals surface area contributed by atoms with Gasteiger partial charge in [-0.05, 0) is 85.2 Å². The Morgan fingerprint density at radius 2 is 1.56 bits per heavy atom. The molecule has 6 rings (SSSR count). The number of nitrogens with zero attached hydrogens (tertiary/aromatic N) is 1. The van der Waals surface area contributed by atoms with Crippen molar-refractivity contribution in [2.24, 2.45) is 0 Å². The summed E-state index contributed by atoms with van der Waals surface area (Å²) in [6, 6.07) is 32.1. The lowest BCUT2D eigenvalue weighted by atomic mass is 9.76. The predicted octanol–water partition coefficient (Wildman–Crippen LogP) is 7.14. The highest BCUT2D eigenvalue weighted by Crippen LogP contribution is 2.55. The van der Waals surface area contributed by atoms with Crippen molar-refractivity contribution in [1.82, 2.24) is 0 Å². The van der Waals surface area contributed by atoms with Crippen LogP contribution < -0.4 is 15.0 Å². The standard InChI is InChI=1S/C32H28N2O2/c1-31(2)27-21-26(33-30(35)23-12-8-5-9-13-23)15-16-28(27)34(3)32(31)19-18-25-20-24(14-17-29(25)36-32)22-10-6-4-7-11-22/h4-21H,1-3H3,(H,33,35). The van der Waals surface area contributed by atoms with Crippen molar-refractivity contribution in [2.45, 2.75) is 25.0 Å². The lowest BCUT2D eigenvalue weighted by Gasteiger charge is -2.45. The van der Waals surface area contributed by atoms with Gasteiger partial charge in [0.25, 0.3) is 5.91 Å². The van der Waals surface area contributed by atoms with E-state index < -0.39 is 5.72 Å². The molecule has 0 aromatic heterocycles. The summed E-state index contributed by atoms with van der Waals surface area (Å²) < 4.78 is 6.82. The monoisotopic (exact) mass is 472 g/mol. The van der Waals surface area contributed by atoms with E-state index in [0.29, 0.717) is 5.56 Å². The molecule has 4 heteroatoms. The molecule has 0 aliphatic carbocycles. The number of anilines is 2. The number of benzene rings is 4. The SMILES string of the molecule is CN1c2ccc(NC(=O)c3ccccc3)cc2C(C)(C)C12C=Cc1cc(-c3ccccc3)ccc1O2. The first-order valence-electron chi connectivity index (χ1n) is 12.2. The number of nitrogens with one attached hydrogen (secondary N) is 1. The van der Waals surface area contributed by atoms with Crippen LogP contribution in [-0.2, 0) is 5.41 Å². The maximum atomic E-state index is 12.7. The molecule has 1 atom stereocenters. The fourth-order valence-electron chi connectivity index (χ4n) is 5.49. The molecule has 1 spiro atoms. The molecule has 0 saturated heterocycles. The number of likely N-dealkylation sites (N-methyl/N-ethyl adjacent to an activating group) is 1. The second kappa shape index (κ2) is 8.13. The van der Waals surface area contributed by atoms with E-state index in [4.69, 9.17) is 4.74 Å². The van der Waals surface area contributed by atoms with Gasteiger partial charge in [-0.3, -0.25) is 4.79 Å². The number of ether oxygens (including phenoxy) is 1. The molecule has 4 aromatic rings. The maximum absolute atomic E-state index is 12.7. The molecular formula is C32H28N2O2. The molecule has 4 aromatic carbocycles. The lowest BCUT2D eigenvalue weighted by Crippen LogP contribution is -2.58. The van der Waals surface area contributed by atoms with Gasteiger partial charge in [0, 0.05) is 29.5 Å². The average molecular weight is 473 g/mol. The molecular weight excluding hydrogens is 444 g/mol. The highest BCUT2D eigenvalue weighted by atomic mass is 16.5. The molecule has 2 heterocycles. The Hall–Kier alpha value is -4.31. The van der Waals surface area contributed by atoms with Gasteiger partial charge in [0.2, 0.25) is 5.72 Å². The summed E-state index contributed by atoms with van der Waals surface area (Å²) in [5, 5.41) is 3.05. The fourth-order valence-corrected chi connectivity index (χ4v) is 5.49. The third-order valence-corrected chi connectivity index (χ3v) is 7.59. The first-order valence-corrected chi connectivity index (χ1v) is 12.2. The van der Waals surface area contributed by atoms with Crippen molar-refractivity contribution in [3.05, 3.63) is 120 Å². The van der Waals surface area contributed by atoms with Crippen LogP contribution in [0.3, 0.4) is 0 Å². The molecule has 2 aliphatic heterocycles. The van der Waals surface area contributed by atoms with Gasteiger partial charge in [0.1, 0.15) is 5.75 Å². The Bertz CT molecular complexity index is 1490. The van der Waals surface area contributed by atoms with E-state index in [-0.39, 0.29) is 11.3 Å². The molecule has 0 radical (unpaired) electrons. The van der Waals surface area contributed by atoms with Gasteiger partial charge in [0.05, 0.1) is 5.41 Å². The van der Waals surface area contributed by atoms with Crippen molar-refractivity contribution >= 4 is 23.4 Å². The number of fused-ring (bicyclic) bond motifs is 2. The van der Waals surface area contributed by atoms with E-state index in [2.05, 4.69) is 97.9 Å². The second-order valence-electron chi connectivity index (χ2n) is 9.99. The van der Waals surface area contributed by atoms with Gasteiger partial charge in [-0.1, -0.05) is 54.6 Å². The molecule has 1 unspecified atom stereocenters. The van der Waals surface area contributed by atoms with Gasteiger partial charge in [-0.15, -0.1) is 0 Å². The van der Waals surface area contributed by atoms with E-state index in [0.717, 1.165) is 28.3 Å². The quantitative estimate of drug-likeness (QED) is 0.345. The van der Waals surface area contributed by atoms with Crippen molar-refractivity contribution in [3.63, 3.8) is 0 Å². The summed E-state index contributed by atoms with van der Waals surface area (Å²) >= 11 is 0. The molecule has 0 saturated carbocycles. The number of amides is 1. The highest BCUT2D eigenvalue weighted by molar-refractivity contribution is 6.04. The van der Waals surface area contributed by atoms with Crippen LogP contribution in [0.1, 0.15) is 35.3 Å². The first kappa shape index (κ1) is 22.2. The largest absolute Gasteiger partial charge is 0.463 e. The molecule has 178 valence electrons. The fraction of sp³-hybridized carbons (Fsp3) is 0.156. The molecule has 4 nitrogen and oxygen atoms in total. The maximum Gasteiger partial charge on any atom is 0.255 e. The van der Waals surface area contributed by atoms with Gasteiger partial charge >= 0.3 is 0 Å². The number of carbonyl (C=O) groups excluding carboxylic acids is 1. The van der Waals surface area contributed by atoms with Crippen LogP contribution in [0, 0.1) is 0 Å². The van der Waals surface area contributed by atoms with Crippen LogP contribution in [-0.4, -0.2) is 18.7 Å². The Kier molecular flexibility index (Phi) is 5.01. The molecule has 0 fully saturated rings. The summed E-state index contributed by atoms with van der Waals surface area (Å²) in [5.41, 5.74) is 5.99. The molecule has 0 bridgehead atoms. The summed E-state index contributed by atoms with van der Waals surface area (Å²) in [6.07, 6.45) is 4.35. The van der Waals surface area contributed by atoms with Crippen LogP contribution in [0.15, 0.2) is 103 Å². The van der Waals surface area contributed by atoms with Crippen LogP contribution in [0.4, 0.5) is 11.4 Å². The van der Waals surface area contributed by atoms with Crippen molar-refractivity contribution in [3.8, 4) is 16.9 Å². The zero-order valence-electron chi connectivity index (χ0n) is 20.7. The smallest absolute Gasteiger partial charge is 0.255 e. The molecule has 36 heavy (non-hydrogen) atoms. The highest BCUT2D eigenvalue weighted by Gasteiger charge is 2.57. The van der Waals surface area contributed by atoms with Crippen LogP contribution >= 0.6 is 0 Å². The zero-order valence-corrected chi connectivity index (χ0v) is 20.7. The van der Waals surface area contributed by atoms with Crippen molar-refractivity contribution in [2.75, 3.05) is 17.3 Å². The van der Waals surface area contributed by atoms with E-state index >= 15 is 0 Å². The molecule has 1 amide bonds. The minimum absolute atomic E-state index is 0.119. The van der Waals surface area contributed by atoms with E-state index in [1.807, 2.05) is 42.5 Å². The van der Waals surface area contributed by atoms with Gasteiger partial charge < -0.3 is 15.0 Å². The first-order chi connectivity index (χ1) is 17.4.